The molecule has 0 saturated carbocycles. The number of aromatic amines is 1. The van der Waals surface area contributed by atoms with Crippen LogP contribution in [0.25, 0.3) is 10.9 Å². The van der Waals surface area contributed by atoms with E-state index >= 15 is 0 Å². The van der Waals surface area contributed by atoms with Gasteiger partial charge in [0.2, 0.25) is 5.91 Å². The lowest BCUT2D eigenvalue weighted by Gasteiger charge is -2.17. The van der Waals surface area contributed by atoms with E-state index in [9.17, 15) is 14.7 Å². The highest BCUT2D eigenvalue weighted by Gasteiger charge is 2.24. The van der Waals surface area contributed by atoms with Crippen LogP contribution in [0.2, 0.25) is 0 Å². The highest BCUT2D eigenvalue weighted by atomic mass is 32.1. The van der Waals surface area contributed by atoms with Gasteiger partial charge < -0.3 is 15.4 Å². The Hall–Kier alpha value is -2.73. The van der Waals surface area contributed by atoms with Gasteiger partial charge in [0.25, 0.3) is 0 Å². The van der Waals surface area contributed by atoms with Crippen molar-refractivity contribution in [1.29, 1.82) is 0 Å². The Morgan fingerprint density at radius 2 is 1.73 bits per heavy atom. The highest BCUT2D eigenvalue weighted by Crippen LogP contribution is 2.19. The van der Waals surface area contributed by atoms with Crippen molar-refractivity contribution in [1.82, 2.24) is 10.3 Å². The molecule has 1 amide bonds. The summed E-state index contributed by atoms with van der Waals surface area (Å²) in [5.74, 6) is -1.45. The fraction of sp³-hybridized carbons (Fsp3) is 0.200. The van der Waals surface area contributed by atoms with Crippen molar-refractivity contribution >= 4 is 35.4 Å². The zero-order valence-corrected chi connectivity index (χ0v) is 14.9. The second-order valence-electron chi connectivity index (χ2n) is 6.17. The van der Waals surface area contributed by atoms with Crippen LogP contribution in [-0.4, -0.2) is 33.3 Å². The SMILES string of the molecule is O=C(N[C@H](Cc1c[nH]c2ccccc12)C(=O)O)C(S)Cc1ccccc1. The van der Waals surface area contributed by atoms with E-state index in [4.69, 9.17) is 0 Å². The summed E-state index contributed by atoms with van der Waals surface area (Å²) >= 11 is 4.34. The minimum atomic E-state index is -1.07. The van der Waals surface area contributed by atoms with Gasteiger partial charge >= 0.3 is 5.97 Å². The minimum absolute atomic E-state index is 0.205. The average Bonchev–Trinajstić information content (AvgIpc) is 3.05. The van der Waals surface area contributed by atoms with E-state index in [1.165, 1.54) is 0 Å². The second kappa shape index (κ2) is 8.10. The molecule has 2 aromatic carbocycles. The highest BCUT2D eigenvalue weighted by molar-refractivity contribution is 7.81. The summed E-state index contributed by atoms with van der Waals surface area (Å²) in [5, 5.41) is 12.5. The number of para-hydroxylation sites is 1. The molecule has 0 spiro atoms. The van der Waals surface area contributed by atoms with Gasteiger partial charge in [-0.3, -0.25) is 4.79 Å². The van der Waals surface area contributed by atoms with Crippen LogP contribution < -0.4 is 5.32 Å². The Morgan fingerprint density at radius 1 is 1.04 bits per heavy atom. The van der Waals surface area contributed by atoms with Crippen molar-refractivity contribution in [2.45, 2.75) is 24.1 Å². The van der Waals surface area contributed by atoms with Crippen LogP contribution in [0.1, 0.15) is 11.1 Å². The Labute approximate surface area is 156 Å². The van der Waals surface area contributed by atoms with E-state index in [1.807, 2.05) is 54.6 Å². The summed E-state index contributed by atoms with van der Waals surface area (Å²) in [6, 6.07) is 16.2. The van der Waals surface area contributed by atoms with Gasteiger partial charge in [-0.25, -0.2) is 4.79 Å². The molecule has 5 nitrogen and oxygen atoms in total. The largest absolute Gasteiger partial charge is 0.480 e. The van der Waals surface area contributed by atoms with E-state index in [-0.39, 0.29) is 12.3 Å². The van der Waals surface area contributed by atoms with Gasteiger partial charge in [-0.1, -0.05) is 48.5 Å². The predicted octanol–water partition coefficient (Wildman–Crippen LogP) is 2.82. The third-order valence-corrected chi connectivity index (χ3v) is 4.71. The van der Waals surface area contributed by atoms with Gasteiger partial charge in [-0.2, -0.15) is 12.6 Å². The lowest BCUT2D eigenvalue weighted by molar-refractivity contribution is -0.141. The van der Waals surface area contributed by atoms with Crippen molar-refractivity contribution < 1.29 is 14.7 Å². The Balaban J connectivity index is 1.68. The number of carbonyl (C=O) groups excluding carboxylic acids is 1. The van der Waals surface area contributed by atoms with Crippen LogP contribution in [0.15, 0.2) is 60.8 Å². The molecule has 0 aliphatic heterocycles. The number of fused-ring (bicyclic) bond motifs is 1. The number of nitrogens with one attached hydrogen (secondary N) is 2. The van der Waals surface area contributed by atoms with E-state index in [0.29, 0.717) is 6.42 Å². The van der Waals surface area contributed by atoms with E-state index < -0.39 is 17.3 Å². The molecule has 1 heterocycles. The smallest absolute Gasteiger partial charge is 0.326 e. The van der Waals surface area contributed by atoms with Gasteiger partial charge in [-0.15, -0.1) is 0 Å². The summed E-state index contributed by atoms with van der Waals surface area (Å²) in [7, 11) is 0. The van der Waals surface area contributed by atoms with Crippen molar-refractivity contribution in [2.24, 2.45) is 0 Å². The van der Waals surface area contributed by atoms with E-state index in [1.54, 1.807) is 6.20 Å². The molecule has 0 aliphatic carbocycles. The third-order valence-electron chi connectivity index (χ3n) is 4.29. The molecule has 6 heteroatoms. The maximum absolute atomic E-state index is 12.4. The summed E-state index contributed by atoms with van der Waals surface area (Å²) in [5.41, 5.74) is 2.77. The molecular weight excluding hydrogens is 348 g/mol. The molecular formula is C20H20N2O3S. The molecule has 3 aromatic rings. The van der Waals surface area contributed by atoms with Gasteiger partial charge in [0.05, 0.1) is 5.25 Å². The molecule has 0 bridgehead atoms. The minimum Gasteiger partial charge on any atom is -0.480 e. The number of amides is 1. The van der Waals surface area contributed by atoms with Crippen molar-refractivity contribution in [3.63, 3.8) is 0 Å². The third kappa shape index (κ3) is 4.26. The molecule has 2 atom stereocenters. The quantitative estimate of drug-likeness (QED) is 0.484. The van der Waals surface area contributed by atoms with E-state index in [0.717, 1.165) is 22.0 Å². The standard InChI is InChI=1S/C20H20N2O3S/c23-19(18(26)10-13-6-2-1-3-7-13)22-17(20(24)25)11-14-12-21-16-9-5-4-8-15(14)16/h1-9,12,17-18,21,26H,10-11H2,(H,22,23)(H,24,25)/t17-,18?/m1/s1. The number of aliphatic carboxylic acids is 1. The molecule has 0 saturated heterocycles. The van der Waals surface area contributed by atoms with Crippen LogP contribution >= 0.6 is 12.6 Å². The number of thiol groups is 1. The molecule has 0 aliphatic rings. The zero-order chi connectivity index (χ0) is 18.5. The van der Waals surface area contributed by atoms with Crippen LogP contribution in [0.3, 0.4) is 0 Å². The average molecular weight is 368 g/mol. The van der Waals surface area contributed by atoms with Crippen molar-refractivity contribution in [3.05, 3.63) is 71.9 Å². The number of aromatic nitrogens is 1. The van der Waals surface area contributed by atoms with Crippen LogP contribution in [0.4, 0.5) is 0 Å². The lowest BCUT2D eigenvalue weighted by Crippen LogP contribution is -2.45. The fourth-order valence-corrected chi connectivity index (χ4v) is 3.20. The topological polar surface area (TPSA) is 82.2 Å². The summed E-state index contributed by atoms with van der Waals surface area (Å²) in [6.07, 6.45) is 2.43. The monoisotopic (exact) mass is 368 g/mol. The Morgan fingerprint density at radius 3 is 2.46 bits per heavy atom. The lowest BCUT2D eigenvalue weighted by atomic mass is 10.0. The predicted molar refractivity (Wildman–Crippen MR) is 104 cm³/mol. The first-order valence-corrected chi connectivity index (χ1v) is 8.86. The number of carboxylic acids is 1. The van der Waals surface area contributed by atoms with Crippen LogP contribution in [0, 0.1) is 0 Å². The van der Waals surface area contributed by atoms with Gasteiger partial charge in [0.1, 0.15) is 6.04 Å². The van der Waals surface area contributed by atoms with E-state index in [2.05, 4.69) is 22.9 Å². The molecule has 26 heavy (non-hydrogen) atoms. The zero-order valence-electron chi connectivity index (χ0n) is 14.1. The first-order chi connectivity index (χ1) is 12.5. The fourth-order valence-electron chi connectivity index (χ4n) is 2.92. The molecule has 1 aromatic heterocycles. The number of rotatable bonds is 7. The maximum Gasteiger partial charge on any atom is 0.326 e. The summed E-state index contributed by atoms with van der Waals surface area (Å²) in [6.45, 7) is 0. The number of carboxylic acid groups (broad SMARTS) is 1. The number of hydrogen-bond acceptors (Lipinski definition) is 3. The molecule has 0 radical (unpaired) electrons. The van der Waals surface area contributed by atoms with Crippen molar-refractivity contribution in [2.75, 3.05) is 0 Å². The Bertz CT molecular complexity index is 908. The molecule has 3 N–H and O–H groups in total. The number of hydrogen-bond donors (Lipinski definition) is 4. The first-order valence-electron chi connectivity index (χ1n) is 8.35. The van der Waals surface area contributed by atoms with Crippen LogP contribution in [-0.2, 0) is 22.4 Å². The number of H-pyrrole nitrogens is 1. The molecule has 3 rings (SSSR count). The number of carbonyl (C=O) groups is 2. The normalized spacial score (nSPS) is 13.3. The molecule has 1 unspecified atom stereocenters. The first kappa shape index (κ1) is 18.1. The van der Waals surface area contributed by atoms with Crippen LogP contribution in [0.5, 0.6) is 0 Å². The molecule has 0 fully saturated rings. The van der Waals surface area contributed by atoms with Crippen molar-refractivity contribution in [3.8, 4) is 0 Å². The maximum atomic E-state index is 12.4. The summed E-state index contributed by atoms with van der Waals surface area (Å²) < 4.78 is 0. The van der Waals surface area contributed by atoms with Gasteiger partial charge in [0.15, 0.2) is 0 Å². The Kier molecular flexibility index (Phi) is 5.63. The van der Waals surface area contributed by atoms with Gasteiger partial charge in [-0.05, 0) is 23.6 Å². The van der Waals surface area contributed by atoms with Gasteiger partial charge in [0, 0.05) is 23.5 Å². The molecule has 134 valence electrons. The number of benzene rings is 2. The summed E-state index contributed by atoms with van der Waals surface area (Å²) in [4.78, 5) is 27.1. The second-order valence-corrected chi connectivity index (χ2v) is 6.79.